The number of hydrogen-bond acceptors (Lipinski definition) is 5. The van der Waals surface area contributed by atoms with Gasteiger partial charge in [-0.1, -0.05) is 24.3 Å². The van der Waals surface area contributed by atoms with E-state index in [1.165, 1.54) is 30.2 Å². The number of nitrogens with one attached hydrogen (secondary N) is 1. The van der Waals surface area contributed by atoms with Crippen LogP contribution in [0.2, 0.25) is 0 Å². The summed E-state index contributed by atoms with van der Waals surface area (Å²) in [4.78, 5) is 27.0. The summed E-state index contributed by atoms with van der Waals surface area (Å²) in [7, 11) is -2.45. The number of sulfonamides is 1. The number of anilines is 1. The molecule has 32 heavy (non-hydrogen) atoms. The average Bonchev–Trinajstić information content (AvgIpc) is 2.75. The number of para-hydroxylation sites is 1. The molecule has 0 unspecified atom stereocenters. The highest BCUT2D eigenvalue weighted by atomic mass is 32.2. The van der Waals surface area contributed by atoms with Crippen molar-refractivity contribution in [3.8, 4) is 5.75 Å². The van der Waals surface area contributed by atoms with Gasteiger partial charge in [0.25, 0.3) is 0 Å². The van der Waals surface area contributed by atoms with Gasteiger partial charge in [-0.3, -0.25) is 13.9 Å². The summed E-state index contributed by atoms with van der Waals surface area (Å²) in [6.07, 6.45) is 0.897. The van der Waals surface area contributed by atoms with E-state index in [1.807, 2.05) is 0 Å². The van der Waals surface area contributed by atoms with Gasteiger partial charge in [-0.2, -0.15) is 0 Å². The number of hydrogen-bond donors (Lipinski definition) is 1. The van der Waals surface area contributed by atoms with Gasteiger partial charge in [-0.15, -0.1) is 0 Å². The number of nitrogens with zero attached hydrogens (tertiary/aromatic N) is 2. The zero-order valence-electron chi connectivity index (χ0n) is 18.5. The molecule has 0 aliphatic heterocycles. The Bertz CT molecular complexity index is 1040. The second kappa shape index (κ2) is 10.9. The van der Waals surface area contributed by atoms with Gasteiger partial charge < -0.3 is 15.0 Å². The maximum atomic E-state index is 14.3. The van der Waals surface area contributed by atoms with Gasteiger partial charge in [0.2, 0.25) is 21.8 Å². The maximum absolute atomic E-state index is 14.3. The van der Waals surface area contributed by atoms with Gasteiger partial charge in [-0.05, 0) is 43.7 Å². The topological polar surface area (TPSA) is 96.0 Å². The molecule has 0 radical (unpaired) electrons. The van der Waals surface area contributed by atoms with Crippen molar-refractivity contribution >= 4 is 27.5 Å². The van der Waals surface area contributed by atoms with E-state index in [-0.39, 0.29) is 18.1 Å². The highest BCUT2D eigenvalue weighted by Gasteiger charge is 2.30. The standard InChI is InChI=1S/C22H28FN3O5S/c1-5-24-22(28)16(2)25(14-17-10-12-18(31-3)13-11-17)21(27)15-26(32(4,29)30)20-9-7-6-8-19(20)23/h6-13,16H,5,14-15H2,1-4H3,(H,24,28)/t16-/m0/s1. The highest BCUT2D eigenvalue weighted by Crippen LogP contribution is 2.22. The molecule has 2 rings (SSSR count). The fourth-order valence-electron chi connectivity index (χ4n) is 3.08. The van der Waals surface area contributed by atoms with Crippen molar-refractivity contribution in [1.82, 2.24) is 10.2 Å². The fraction of sp³-hybridized carbons (Fsp3) is 0.364. The van der Waals surface area contributed by atoms with Crippen LogP contribution in [-0.2, 0) is 26.2 Å². The molecule has 0 heterocycles. The van der Waals surface area contributed by atoms with Gasteiger partial charge in [0.1, 0.15) is 24.2 Å². The average molecular weight is 466 g/mol. The van der Waals surface area contributed by atoms with Crippen LogP contribution >= 0.6 is 0 Å². The third kappa shape index (κ3) is 6.43. The smallest absolute Gasteiger partial charge is 0.244 e. The lowest BCUT2D eigenvalue weighted by atomic mass is 10.1. The van der Waals surface area contributed by atoms with Crippen molar-refractivity contribution in [1.29, 1.82) is 0 Å². The first-order chi connectivity index (χ1) is 15.1. The molecule has 174 valence electrons. The number of methoxy groups -OCH3 is 1. The molecule has 8 nitrogen and oxygen atoms in total. The molecule has 0 saturated heterocycles. The summed E-state index contributed by atoms with van der Waals surface area (Å²) in [6.45, 7) is 3.08. The minimum Gasteiger partial charge on any atom is -0.497 e. The number of likely N-dealkylation sites (N-methyl/N-ethyl adjacent to an activating group) is 1. The Morgan fingerprint density at radius 2 is 1.75 bits per heavy atom. The molecule has 0 spiro atoms. The molecule has 2 amide bonds. The van der Waals surface area contributed by atoms with E-state index in [4.69, 9.17) is 4.74 Å². The number of benzene rings is 2. The first-order valence-corrected chi connectivity index (χ1v) is 11.9. The van der Waals surface area contributed by atoms with Crippen molar-refractivity contribution in [3.63, 3.8) is 0 Å². The lowest BCUT2D eigenvalue weighted by molar-refractivity contribution is -0.139. The normalized spacial score (nSPS) is 12.0. The van der Waals surface area contributed by atoms with E-state index >= 15 is 0 Å². The van der Waals surface area contributed by atoms with Crippen LogP contribution in [0, 0.1) is 5.82 Å². The molecule has 0 saturated carbocycles. The van der Waals surface area contributed by atoms with Gasteiger partial charge >= 0.3 is 0 Å². The quantitative estimate of drug-likeness (QED) is 0.580. The fourth-order valence-corrected chi connectivity index (χ4v) is 3.93. The third-order valence-electron chi connectivity index (χ3n) is 4.83. The Morgan fingerprint density at radius 3 is 2.28 bits per heavy atom. The number of carbonyl (C=O) groups excluding carboxylic acids is 2. The van der Waals surface area contributed by atoms with Crippen LogP contribution in [0.15, 0.2) is 48.5 Å². The van der Waals surface area contributed by atoms with Crippen LogP contribution in [-0.4, -0.2) is 57.6 Å². The van der Waals surface area contributed by atoms with E-state index in [2.05, 4.69) is 5.32 Å². The van der Waals surface area contributed by atoms with E-state index < -0.39 is 34.3 Å². The number of rotatable bonds is 10. The van der Waals surface area contributed by atoms with Crippen LogP contribution in [0.5, 0.6) is 5.75 Å². The second-order valence-electron chi connectivity index (χ2n) is 7.16. The van der Waals surface area contributed by atoms with E-state index in [0.29, 0.717) is 22.2 Å². The second-order valence-corrected chi connectivity index (χ2v) is 9.07. The highest BCUT2D eigenvalue weighted by molar-refractivity contribution is 7.92. The zero-order chi connectivity index (χ0) is 23.9. The Kier molecular flexibility index (Phi) is 8.59. The number of halogens is 1. The maximum Gasteiger partial charge on any atom is 0.244 e. The number of amides is 2. The Hall–Kier alpha value is -3.14. The molecule has 0 aliphatic carbocycles. The molecule has 0 fully saturated rings. The van der Waals surface area contributed by atoms with Crippen LogP contribution < -0.4 is 14.4 Å². The summed E-state index contributed by atoms with van der Waals surface area (Å²) in [5.74, 6) is -1.17. The van der Waals surface area contributed by atoms with Crippen molar-refractivity contribution < 1.29 is 27.1 Å². The van der Waals surface area contributed by atoms with Crippen LogP contribution in [0.1, 0.15) is 19.4 Å². The summed E-state index contributed by atoms with van der Waals surface area (Å²) < 4.78 is 44.9. The zero-order valence-corrected chi connectivity index (χ0v) is 19.4. The largest absolute Gasteiger partial charge is 0.497 e. The van der Waals surface area contributed by atoms with Crippen molar-refractivity contribution in [3.05, 3.63) is 59.9 Å². The monoisotopic (exact) mass is 465 g/mol. The van der Waals surface area contributed by atoms with E-state index in [9.17, 15) is 22.4 Å². The lowest BCUT2D eigenvalue weighted by Gasteiger charge is -2.31. The predicted molar refractivity (Wildman–Crippen MR) is 120 cm³/mol. The van der Waals surface area contributed by atoms with E-state index in [1.54, 1.807) is 38.1 Å². The van der Waals surface area contributed by atoms with E-state index in [0.717, 1.165) is 12.3 Å². The summed E-state index contributed by atoms with van der Waals surface area (Å²) in [5, 5.41) is 2.66. The van der Waals surface area contributed by atoms with Crippen molar-refractivity contribution in [2.24, 2.45) is 0 Å². The Labute approximate surface area is 188 Å². The summed E-state index contributed by atoms with van der Waals surface area (Å²) >= 11 is 0. The van der Waals surface area contributed by atoms with Gasteiger partial charge in [0.15, 0.2) is 0 Å². The van der Waals surface area contributed by atoms with Crippen molar-refractivity contribution in [2.75, 3.05) is 30.8 Å². The minimum absolute atomic E-state index is 0.0516. The van der Waals surface area contributed by atoms with Crippen molar-refractivity contribution in [2.45, 2.75) is 26.4 Å². The molecule has 2 aromatic rings. The molecular formula is C22H28FN3O5S. The first-order valence-electron chi connectivity index (χ1n) is 10.0. The van der Waals surface area contributed by atoms with Gasteiger partial charge in [0.05, 0.1) is 19.1 Å². The molecule has 2 aromatic carbocycles. The minimum atomic E-state index is -3.98. The molecule has 10 heteroatoms. The number of carbonyl (C=O) groups is 2. The molecular weight excluding hydrogens is 437 g/mol. The summed E-state index contributed by atoms with van der Waals surface area (Å²) in [6, 6.07) is 11.3. The van der Waals surface area contributed by atoms with Crippen LogP contribution in [0.25, 0.3) is 0 Å². The Balaban J connectivity index is 2.38. The summed E-state index contributed by atoms with van der Waals surface area (Å²) in [5.41, 5.74) is 0.477. The third-order valence-corrected chi connectivity index (χ3v) is 5.96. The molecule has 0 aliphatic rings. The first kappa shape index (κ1) is 25.1. The molecule has 0 bridgehead atoms. The SMILES string of the molecule is CCNC(=O)[C@H](C)N(Cc1ccc(OC)cc1)C(=O)CN(c1ccccc1F)S(C)(=O)=O. The molecule has 0 aromatic heterocycles. The molecule has 1 atom stereocenters. The molecule has 1 N–H and O–H groups in total. The lowest BCUT2D eigenvalue weighted by Crippen LogP contribution is -2.51. The number of ether oxygens (including phenoxy) is 1. The van der Waals surface area contributed by atoms with Gasteiger partial charge in [0, 0.05) is 13.1 Å². The van der Waals surface area contributed by atoms with Gasteiger partial charge in [-0.25, -0.2) is 12.8 Å². The van der Waals surface area contributed by atoms with Crippen LogP contribution in [0.4, 0.5) is 10.1 Å². The van der Waals surface area contributed by atoms with Crippen LogP contribution in [0.3, 0.4) is 0 Å². The Morgan fingerprint density at radius 1 is 1.12 bits per heavy atom. The predicted octanol–water partition coefficient (Wildman–Crippen LogP) is 2.15.